The van der Waals surface area contributed by atoms with E-state index in [1.807, 2.05) is 6.07 Å². The third kappa shape index (κ3) is 2.56. The first kappa shape index (κ1) is 12.2. The molecule has 0 saturated carbocycles. The van der Waals surface area contributed by atoms with Crippen molar-refractivity contribution in [2.24, 2.45) is 5.90 Å². The molecule has 0 aliphatic rings. The van der Waals surface area contributed by atoms with Crippen molar-refractivity contribution < 1.29 is 14.7 Å². The Bertz CT molecular complexity index is 369. The summed E-state index contributed by atoms with van der Waals surface area (Å²) in [4.78, 5) is 15.6. The quantitative estimate of drug-likeness (QED) is 0.819. The van der Waals surface area contributed by atoms with Crippen LogP contribution < -0.4 is 5.90 Å². The zero-order valence-corrected chi connectivity index (χ0v) is 9.82. The Morgan fingerprint density at radius 2 is 2.33 bits per heavy atom. The molecule has 1 aromatic carbocycles. The zero-order valence-electron chi connectivity index (χ0n) is 8.24. The molecule has 0 amide bonds. The maximum Gasteiger partial charge on any atom is 0.316 e. The number of hydrogen-bond donors (Lipinski definition) is 2. The van der Waals surface area contributed by atoms with Crippen molar-refractivity contribution in [2.45, 2.75) is 12.3 Å². The van der Waals surface area contributed by atoms with Crippen LogP contribution in [0.1, 0.15) is 12.5 Å². The Labute approximate surface area is 96.1 Å². The molecule has 0 aliphatic heterocycles. The summed E-state index contributed by atoms with van der Waals surface area (Å²) < 4.78 is 0.824. The number of carboxylic acid groups (broad SMARTS) is 1. The number of carboxylic acids is 1. The first-order valence-corrected chi connectivity index (χ1v) is 5.11. The summed E-state index contributed by atoms with van der Waals surface area (Å²) in [6, 6.07) is 7.08. The zero-order chi connectivity index (χ0) is 11.5. The van der Waals surface area contributed by atoms with Gasteiger partial charge in [0.25, 0.3) is 0 Å². The summed E-state index contributed by atoms with van der Waals surface area (Å²) in [6.45, 7) is 1.50. The van der Waals surface area contributed by atoms with Crippen molar-refractivity contribution in [2.75, 3.05) is 6.61 Å². The van der Waals surface area contributed by atoms with Gasteiger partial charge in [0.1, 0.15) is 5.41 Å². The number of benzene rings is 1. The lowest BCUT2D eigenvalue weighted by molar-refractivity contribution is -0.145. The number of rotatable bonds is 4. The molecule has 0 aliphatic carbocycles. The maximum absolute atomic E-state index is 11.2. The standard InChI is InChI=1S/C10H12BrNO3/c1-10(6-15-12,9(13)14)7-3-2-4-8(11)5-7/h2-5H,6,12H2,1H3,(H,13,14). The van der Waals surface area contributed by atoms with Crippen LogP contribution in [0.4, 0.5) is 0 Å². The monoisotopic (exact) mass is 273 g/mol. The third-order valence-electron chi connectivity index (χ3n) is 2.31. The van der Waals surface area contributed by atoms with Crippen LogP contribution in [0.15, 0.2) is 28.7 Å². The maximum atomic E-state index is 11.2. The van der Waals surface area contributed by atoms with Crippen LogP contribution in [0, 0.1) is 0 Å². The third-order valence-corrected chi connectivity index (χ3v) is 2.80. The van der Waals surface area contributed by atoms with Crippen molar-refractivity contribution in [3.63, 3.8) is 0 Å². The second kappa shape index (κ2) is 4.74. The number of aliphatic carboxylic acids is 1. The van der Waals surface area contributed by atoms with E-state index in [2.05, 4.69) is 20.8 Å². The van der Waals surface area contributed by atoms with E-state index in [0.717, 1.165) is 4.47 Å². The van der Waals surface area contributed by atoms with Gasteiger partial charge >= 0.3 is 5.97 Å². The van der Waals surface area contributed by atoms with Crippen LogP contribution in [0.2, 0.25) is 0 Å². The Balaban J connectivity index is 3.15. The van der Waals surface area contributed by atoms with Crippen molar-refractivity contribution in [1.82, 2.24) is 0 Å². The number of nitrogens with two attached hydrogens (primary N) is 1. The molecule has 82 valence electrons. The Kier molecular flexibility index (Phi) is 3.84. The highest BCUT2D eigenvalue weighted by Crippen LogP contribution is 2.26. The average Bonchev–Trinajstić information content (AvgIpc) is 2.17. The molecule has 5 heteroatoms. The molecular weight excluding hydrogens is 262 g/mol. The van der Waals surface area contributed by atoms with Crippen molar-refractivity contribution in [1.29, 1.82) is 0 Å². The van der Waals surface area contributed by atoms with Gasteiger partial charge in [-0.15, -0.1) is 0 Å². The Morgan fingerprint density at radius 3 is 2.80 bits per heavy atom. The minimum Gasteiger partial charge on any atom is -0.481 e. The summed E-state index contributed by atoms with van der Waals surface area (Å²) in [7, 11) is 0. The van der Waals surface area contributed by atoms with Gasteiger partial charge in [-0.1, -0.05) is 28.1 Å². The number of halogens is 1. The van der Waals surface area contributed by atoms with Gasteiger partial charge in [0, 0.05) is 4.47 Å². The van der Waals surface area contributed by atoms with Gasteiger partial charge in [-0.2, -0.15) is 0 Å². The lowest BCUT2D eigenvalue weighted by atomic mass is 9.83. The van der Waals surface area contributed by atoms with Crippen molar-refractivity contribution >= 4 is 21.9 Å². The molecule has 4 nitrogen and oxygen atoms in total. The molecule has 0 heterocycles. The average molecular weight is 274 g/mol. The van der Waals surface area contributed by atoms with Crippen LogP contribution in [0.5, 0.6) is 0 Å². The van der Waals surface area contributed by atoms with E-state index in [0.29, 0.717) is 5.56 Å². The number of hydrogen-bond acceptors (Lipinski definition) is 3. The molecular formula is C10H12BrNO3. The molecule has 0 aromatic heterocycles. The van der Waals surface area contributed by atoms with Gasteiger partial charge in [0.2, 0.25) is 0 Å². The molecule has 0 bridgehead atoms. The highest BCUT2D eigenvalue weighted by Gasteiger charge is 2.35. The Morgan fingerprint density at radius 1 is 1.67 bits per heavy atom. The van der Waals surface area contributed by atoms with Crippen LogP contribution in [-0.2, 0) is 15.0 Å². The molecule has 3 N–H and O–H groups in total. The number of carbonyl (C=O) groups is 1. The van der Waals surface area contributed by atoms with E-state index in [4.69, 9.17) is 11.0 Å². The molecule has 0 radical (unpaired) electrons. The topological polar surface area (TPSA) is 72.5 Å². The van der Waals surface area contributed by atoms with E-state index in [9.17, 15) is 4.79 Å². The molecule has 1 rings (SSSR count). The molecule has 0 spiro atoms. The lowest BCUT2D eigenvalue weighted by Gasteiger charge is -2.23. The van der Waals surface area contributed by atoms with Gasteiger partial charge in [0.05, 0.1) is 6.61 Å². The summed E-state index contributed by atoms with van der Waals surface area (Å²) >= 11 is 3.29. The second-order valence-corrected chi connectivity index (χ2v) is 4.37. The van der Waals surface area contributed by atoms with Gasteiger partial charge < -0.3 is 9.94 Å². The predicted molar refractivity (Wildman–Crippen MR) is 59.3 cm³/mol. The second-order valence-electron chi connectivity index (χ2n) is 3.46. The van der Waals surface area contributed by atoms with Gasteiger partial charge in [-0.05, 0) is 24.6 Å². The molecule has 15 heavy (non-hydrogen) atoms. The first-order valence-electron chi connectivity index (χ1n) is 4.32. The minimum atomic E-state index is -1.13. The largest absolute Gasteiger partial charge is 0.481 e. The van der Waals surface area contributed by atoms with Crippen LogP contribution >= 0.6 is 15.9 Å². The van der Waals surface area contributed by atoms with Crippen molar-refractivity contribution in [3.05, 3.63) is 34.3 Å². The highest BCUT2D eigenvalue weighted by atomic mass is 79.9. The van der Waals surface area contributed by atoms with E-state index >= 15 is 0 Å². The van der Waals surface area contributed by atoms with Gasteiger partial charge in [-0.25, -0.2) is 5.90 Å². The fourth-order valence-electron chi connectivity index (χ4n) is 1.27. The summed E-state index contributed by atoms with van der Waals surface area (Å²) in [5, 5.41) is 9.16. The Hall–Kier alpha value is -0.910. The molecule has 1 aromatic rings. The summed E-state index contributed by atoms with van der Waals surface area (Å²) in [5.74, 6) is 3.99. The van der Waals surface area contributed by atoms with Crippen LogP contribution in [0.25, 0.3) is 0 Å². The normalized spacial score (nSPS) is 14.6. The summed E-state index contributed by atoms with van der Waals surface area (Å²) in [6.07, 6.45) is 0. The van der Waals surface area contributed by atoms with E-state index in [-0.39, 0.29) is 6.61 Å². The van der Waals surface area contributed by atoms with Gasteiger partial charge in [0.15, 0.2) is 0 Å². The fourth-order valence-corrected chi connectivity index (χ4v) is 1.67. The van der Waals surface area contributed by atoms with E-state index < -0.39 is 11.4 Å². The predicted octanol–water partition coefficient (Wildman–Crippen LogP) is 1.68. The van der Waals surface area contributed by atoms with Gasteiger partial charge in [-0.3, -0.25) is 4.79 Å². The smallest absolute Gasteiger partial charge is 0.316 e. The fraction of sp³-hybridized carbons (Fsp3) is 0.300. The van der Waals surface area contributed by atoms with Crippen LogP contribution in [-0.4, -0.2) is 17.7 Å². The SMILES string of the molecule is CC(CON)(C(=O)O)c1cccc(Br)c1. The van der Waals surface area contributed by atoms with Crippen molar-refractivity contribution in [3.8, 4) is 0 Å². The first-order chi connectivity index (χ1) is 7.00. The lowest BCUT2D eigenvalue weighted by Crippen LogP contribution is -2.38. The molecule has 0 saturated heterocycles. The summed E-state index contributed by atoms with van der Waals surface area (Å²) in [5.41, 5.74) is -0.478. The highest BCUT2D eigenvalue weighted by molar-refractivity contribution is 9.10. The van der Waals surface area contributed by atoms with Crippen LogP contribution in [0.3, 0.4) is 0 Å². The van der Waals surface area contributed by atoms with E-state index in [1.54, 1.807) is 25.1 Å². The molecule has 0 fully saturated rings. The minimum absolute atomic E-state index is 0.0706. The molecule has 1 unspecified atom stereocenters. The van der Waals surface area contributed by atoms with E-state index in [1.165, 1.54) is 0 Å². The molecule has 1 atom stereocenters.